The van der Waals surface area contributed by atoms with Crippen LogP contribution < -0.4 is 0 Å². The van der Waals surface area contributed by atoms with Crippen molar-refractivity contribution in [3.05, 3.63) is 47.6 Å². The lowest BCUT2D eigenvalue weighted by Crippen LogP contribution is -2.44. The first-order valence-electron chi connectivity index (χ1n) is 8.06. The number of hydrogen-bond acceptors (Lipinski definition) is 5. The molecule has 2 aromatic rings. The van der Waals surface area contributed by atoms with Crippen LogP contribution in [0.2, 0.25) is 0 Å². The van der Waals surface area contributed by atoms with Crippen LogP contribution in [0.25, 0.3) is 10.9 Å². The van der Waals surface area contributed by atoms with E-state index in [1.807, 2.05) is 44.3 Å². The lowest BCUT2D eigenvalue weighted by atomic mass is 10.0. The molecule has 1 aromatic heterocycles. The van der Waals surface area contributed by atoms with E-state index in [4.69, 9.17) is 4.74 Å². The minimum atomic E-state index is -0.705. The summed E-state index contributed by atoms with van der Waals surface area (Å²) >= 11 is 0. The summed E-state index contributed by atoms with van der Waals surface area (Å²) in [7, 11) is 1.52. The molecule has 1 aliphatic rings. The maximum absolute atomic E-state index is 10.5. The SMILES string of the molecule is COC1C(Cc2c[nH]c3ccccc23)=NC(O)=C(CC(C)C)N1O. The number of aromatic amines is 1. The molecule has 0 bridgehead atoms. The molecule has 0 aliphatic carbocycles. The average Bonchev–Trinajstić information content (AvgIpc) is 2.95. The van der Waals surface area contributed by atoms with Gasteiger partial charge in [-0.25, -0.2) is 10.1 Å². The van der Waals surface area contributed by atoms with Gasteiger partial charge in [-0.05, 0) is 24.0 Å². The summed E-state index contributed by atoms with van der Waals surface area (Å²) in [5, 5.41) is 22.8. The average molecular weight is 329 g/mol. The monoisotopic (exact) mass is 329 g/mol. The number of fused-ring (bicyclic) bond motifs is 1. The molecule has 2 heterocycles. The fourth-order valence-electron chi connectivity index (χ4n) is 3.05. The Morgan fingerprint density at radius 1 is 1.33 bits per heavy atom. The molecule has 1 atom stereocenters. The van der Waals surface area contributed by atoms with Crippen molar-refractivity contribution in [3.63, 3.8) is 0 Å². The minimum absolute atomic E-state index is 0.144. The highest BCUT2D eigenvalue weighted by Gasteiger charge is 2.32. The van der Waals surface area contributed by atoms with Gasteiger partial charge in [0.2, 0.25) is 5.88 Å². The second-order valence-corrected chi connectivity index (χ2v) is 6.44. The number of aliphatic hydroxyl groups excluding tert-OH is 1. The van der Waals surface area contributed by atoms with Crippen LogP contribution in [0.3, 0.4) is 0 Å². The van der Waals surface area contributed by atoms with Gasteiger partial charge in [-0.15, -0.1) is 0 Å². The number of aliphatic hydroxyl groups is 1. The summed E-state index contributed by atoms with van der Waals surface area (Å²) in [6.07, 6.45) is 2.21. The third-order valence-electron chi connectivity index (χ3n) is 4.16. The zero-order valence-electron chi connectivity index (χ0n) is 14.2. The maximum Gasteiger partial charge on any atom is 0.233 e. The van der Waals surface area contributed by atoms with E-state index in [9.17, 15) is 10.3 Å². The van der Waals surface area contributed by atoms with E-state index in [2.05, 4.69) is 9.98 Å². The van der Waals surface area contributed by atoms with Crippen molar-refractivity contribution in [2.24, 2.45) is 10.9 Å². The van der Waals surface area contributed by atoms with Gasteiger partial charge in [-0.1, -0.05) is 32.0 Å². The van der Waals surface area contributed by atoms with Crippen LogP contribution in [-0.2, 0) is 11.2 Å². The smallest absolute Gasteiger partial charge is 0.233 e. The molecule has 1 unspecified atom stereocenters. The summed E-state index contributed by atoms with van der Waals surface area (Å²) in [6.45, 7) is 4.03. The zero-order chi connectivity index (χ0) is 17.3. The van der Waals surface area contributed by atoms with Crippen LogP contribution in [0.1, 0.15) is 25.8 Å². The Bertz CT molecular complexity index is 792. The van der Waals surface area contributed by atoms with Crippen molar-refractivity contribution in [2.45, 2.75) is 32.9 Å². The third kappa shape index (κ3) is 3.02. The van der Waals surface area contributed by atoms with Crippen LogP contribution in [0.4, 0.5) is 0 Å². The molecule has 0 spiro atoms. The fraction of sp³-hybridized carbons (Fsp3) is 0.389. The lowest BCUT2D eigenvalue weighted by molar-refractivity contribution is -0.160. The molecular weight excluding hydrogens is 306 g/mol. The van der Waals surface area contributed by atoms with Crippen LogP contribution in [0, 0.1) is 5.92 Å². The van der Waals surface area contributed by atoms with Crippen molar-refractivity contribution in [1.29, 1.82) is 0 Å². The number of rotatable bonds is 5. The molecule has 6 nitrogen and oxygen atoms in total. The highest BCUT2D eigenvalue weighted by Crippen LogP contribution is 2.27. The minimum Gasteiger partial charge on any atom is -0.492 e. The van der Waals surface area contributed by atoms with Crippen molar-refractivity contribution in [1.82, 2.24) is 10.0 Å². The predicted octanol–water partition coefficient (Wildman–Crippen LogP) is 3.60. The summed E-state index contributed by atoms with van der Waals surface area (Å²) in [4.78, 5) is 7.53. The number of para-hydroxylation sites is 1. The summed E-state index contributed by atoms with van der Waals surface area (Å²) < 4.78 is 5.43. The van der Waals surface area contributed by atoms with Gasteiger partial charge in [0.1, 0.15) is 5.70 Å². The standard InChI is InChI=1S/C18H23N3O3/c1-11(2)8-16-17(22)20-15(18(24-3)21(16)23)9-12-10-19-14-7-5-4-6-13(12)14/h4-7,10-11,18-19,22-23H,8-9H2,1-3H3. The van der Waals surface area contributed by atoms with E-state index in [0.29, 0.717) is 24.3 Å². The number of H-pyrrole nitrogens is 1. The number of nitrogens with one attached hydrogen (secondary N) is 1. The fourth-order valence-corrected chi connectivity index (χ4v) is 3.05. The summed E-state index contributed by atoms with van der Waals surface area (Å²) in [5.41, 5.74) is 3.04. The van der Waals surface area contributed by atoms with Crippen LogP contribution in [0.15, 0.2) is 47.0 Å². The number of nitrogens with zero attached hydrogens (tertiary/aromatic N) is 2. The number of aliphatic imine (C=N–C) groups is 1. The predicted molar refractivity (Wildman–Crippen MR) is 93.0 cm³/mol. The number of allylic oxidation sites excluding steroid dienone is 1. The van der Waals surface area contributed by atoms with E-state index >= 15 is 0 Å². The largest absolute Gasteiger partial charge is 0.492 e. The van der Waals surface area contributed by atoms with Gasteiger partial charge < -0.3 is 14.8 Å². The van der Waals surface area contributed by atoms with Crippen LogP contribution in [0.5, 0.6) is 0 Å². The molecule has 1 aliphatic heterocycles. The second-order valence-electron chi connectivity index (χ2n) is 6.44. The molecule has 0 fully saturated rings. The molecule has 3 rings (SSSR count). The van der Waals surface area contributed by atoms with Gasteiger partial charge in [0.25, 0.3) is 0 Å². The topological polar surface area (TPSA) is 81.1 Å². The first-order valence-corrected chi connectivity index (χ1v) is 8.06. The number of benzene rings is 1. The van der Waals surface area contributed by atoms with E-state index in [0.717, 1.165) is 21.5 Å². The zero-order valence-corrected chi connectivity index (χ0v) is 14.2. The molecule has 0 saturated carbocycles. The van der Waals surface area contributed by atoms with E-state index in [-0.39, 0.29) is 11.8 Å². The highest BCUT2D eigenvalue weighted by atomic mass is 16.6. The van der Waals surface area contributed by atoms with Gasteiger partial charge in [0.05, 0.1) is 5.71 Å². The van der Waals surface area contributed by atoms with Crippen molar-refractivity contribution < 1.29 is 15.1 Å². The quantitative estimate of drug-likeness (QED) is 0.783. The molecule has 0 amide bonds. The summed E-state index contributed by atoms with van der Waals surface area (Å²) in [6, 6.07) is 7.99. The molecule has 128 valence electrons. The van der Waals surface area contributed by atoms with E-state index in [1.165, 1.54) is 7.11 Å². The molecule has 0 radical (unpaired) electrons. The van der Waals surface area contributed by atoms with E-state index < -0.39 is 6.23 Å². The lowest BCUT2D eigenvalue weighted by Gasteiger charge is -2.33. The highest BCUT2D eigenvalue weighted by molar-refractivity contribution is 5.95. The molecule has 0 saturated heterocycles. The van der Waals surface area contributed by atoms with Crippen LogP contribution >= 0.6 is 0 Å². The normalized spacial score (nSPS) is 18.6. The Morgan fingerprint density at radius 3 is 2.79 bits per heavy atom. The summed E-state index contributed by atoms with van der Waals surface area (Å²) in [5.74, 6) is 0.133. The molecule has 6 heteroatoms. The first kappa shape index (κ1) is 16.5. The Kier molecular flexibility index (Phi) is 4.59. The van der Waals surface area contributed by atoms with E-state index in [1.54, 1.807) is 0 Å². The Balaban J connectivity index is 1.95. The maximum atomic E-state index is 10.5. The van der Waals surface area contributed by atoms with Crippen molar-refractivity contribution in [2.75, 3.05) is 7.11 Å². The third-order valence-corrected chi connectivity index (χ3v) is 4.16. The number of aromatic nitrogens is 1. The van der Waals surface area contributed by atoms with Gasteiger partial charge in [0.15, 0.2) is 6.23 Å². The van der Waals surface area contributed by atoms with Crippen molar-refractivity contribution >= 4 is 16.6 Å². The molecule has 3 N–H and O–H groups in total. The van der Waals surface area contributed by atoms with Gasteiger partial charge in [-0.2, -0.15) is 0 Å². The number of hydrogen-bond donors (Lipinski definition) is 3. The Labute approximate surface area is 141 Å². The molecule has 1 aromatic carbocycles. The van der Waals surface area contributed by atoms with Gasteiger partial charge >= 0.3 is 0 Å². The number of hydroxylamine groups is 2. The van der Waals surface area contributed by atoms with Crippen LogP contribution in [-0.4, -0.2) is 39.4 Å². The molecular formula is C18H23N3O3. The Hall–Kier alpha value is -2.31. The molecule has 24 heavy (non-hydrogen) atoms. The van der Waals surface area contributed by atoms with Gasteiger partial charge in [0, 0.05) is 30.6 Å². The second kappa shape index (κ2) is 6.67. The number of methoxy groups -OCH3 is 1. The first-order chi connectivity index (χ1) is 11.5. The van der Waals surface area contributed by atoms with Gasteiger partial charge in [-0.3, -0.25) is 5.21 Å². The Morgan fingerprint density at radius 2 is 2.08 bits per heavy atom. The van der Waals surface area contributed by atoms with Crippen molar-refractivity contribution in [3.8, 4) is 0 Å². The number of ether oxygens (including phenoxy) is 1.